The van der Waals surface area contributed by atoms with Crippen molar-refractivity contribution < 1.29 is 28.0 Å². The van der Waals surface area contributed by atoms with E-state index in [4.69, 9.17) is 40.2 Å². The third-order valence-electron chi connectivity index (χ3n) is 8.53. The summed E-state index contributed by atoms with van der Waals surface area (Å²) in [5, 5.41) is 5.65. The average Bonchev–Trinajstić information content (AvgIpc) is 3.63. The second-order valence-corrected chi connectivity index (χ2v) is 14.9. The van der Waals surface area contributed by atoms with E-state index in [0.29, 0.717) is 12.3 Å². The van der Waals surface area contributed by atoms with E-state index < -0.39 is 37.7 Å². The van der Waals surface area contributed by atoms with Crippen molar-refractivity contribution in [2.24, 2.45) is 0 Å². The van der Waals surface area contributed by atoms with Crippen molar-refractivity contribution in [3.05, 3.63) is 46.9 Å². The number of nitrogens with zero attached hydrogens (tertiary/aromatic N) is 5. The van der Waals surface area contributed by atoms with E-state index >= 15 is 0 Å². The van der Waals surface area contributed by atoms with Gasteiger partial charge in [0.2, 0.25) is 12.7 Å². The van der Waals surface area contributed by atoms with Crippen LogP contribution in [-0.2, 0) is 39.9 Å². The molecule has 13 heteroatoms. The Bertz CT molecular complexity index is 1530. The third-order valence-corrected chi connectivity index (χ3v) is 10.2. The fraction of sp³-hybridized carbons (Fsp3) is 0.607. The van der Waals surface area contributed by atoms with Crippen LogP contribution in [0.25, 0.3) is 11.0 Å². The molecule has 5 heterocycles. The fourth-order valence-corrected chi connectivity index (χ4v) is 8.09. The summed E-state index contributed by atoms with van der Waals surface area (Å²) in [5.41, 5.74) is 3.61. The normalized spacial score (nSPS) is 29.0. The van der Waals surface area contributed by atoms with Gasteiger partial charge in [-0.05, 0) is 56.3 Å². The molecular weight excluding hydrogens is 569 g/mol. The average molecular weight is 604 g/mol. The lowest BCUT2D eigenvalue weighted by molar-refractivity contribution is -0.202. The van der Waals surface area contributed by atoms with Crippen molar-refractivity contribution >= 4 is 35.8 Å². The first-order valence-corrected chi connectivity index (χ1v) is 16.8. The topological polar surface area (TPSA) is 110 Å². The number of hydrogen-bond donors (Lipinski definition) is 0. The highest BCUT2D eigenvalue weighted by Crippen LogP contribution is 2.49. The summed E-state index contributed by atoms with van der Waals surface area (Å²) in [7, 11) is -2.85. The molecule has 0 bridgehead atoms. The molecule has 7 rings (SSSR count). The number of hydrogen-bond acceptors (Lipinski definition) is 10. The predicted octanol–water partition coefficient (Wildman–Crippen LogP) is 4.52. The quantitative estimate of drug-likeness (QED) is 0.269. The Balaban J connectivity index is 1.14. The van der Waals surface area contributed by atoms with E-state index in [9.17, 15) is 4.57 Å². The summed E-state index contributed by atoms with van der Waals surface area (Å²) in [5.74, 6) is -0.0418. The van der Waals surface area contributed by atoms with E-state index in [0.717, 1.165) is 37.1 Å². The van der Waals surface area contributed by atoms with Crippen LogP contribution >= 0.6 is 19.0 Å². The number of benzene rings is 1. The Kier molecular flexibility index (Phi) is 6.74. The SMILES string of the molecule is CCOP(C)(=O)COC[C@H]1O[C@@H](n2ncc3c(N4CC5(CCc6ccccc65)C4)nc(Cl)nc32)[C@@H]2OC(C)(C)O[C@@H]21. The molecule has 220 valence electrons. The Hall–Kier alpha value is -2.11. The highest BCUT2D eigenvalue weighted by atomic mass is 35.5. The smallest absolute Gasteiger partial charge is 0.226 e. The van der Waals surface area contributed by atoms with Gasteiger partial charge in [0.1, 0.15) is 30.5 Å². The monoisotopic (exact) mass is 603 g/mol. The second-order valence-electron chi connectivity index (χ2n) is 12.0. The van der Waals surface area contributed by atoms with Gasteiger partial charge in [-0.2, -0.15) is 15.1 Å². The third kappa shape index (κ3) is 4.79. The first kappa shape index (κ1) is 27.7. The minimum atomic E-state index is -2.85. The standard InChI is InChI=1S/C28H35ClN5O6P/c1-5-37-41(4,35)16-36-13-20-21-22(40-27(2,3)39-21)25(38-20)34-24-18(12-30-34)23(31-26(29)32-24)33-14-28(15-33)11-10-17-8-6-7-9-19(17)28/h6-9,12,20-22,25H,5,10-11,13-16H2,1-4H3/t20-,21-,22-,25-,41?/m1/s1. The number of aromatic nitrogens is 4. The van der Waals surface area contributed by atoms with Crippen molar-refractivity contribution in [1.82, 2.24) is 19.7 Å². The lowest BCUT2D eigenvalue weighted by Gasteiger charge is -2.49. The number of ether oxygens (including phenoxy) is 4. The number of fused-ring (bicyclic) bond motifs is 4. The van der Waals surface area contributed by atoms with Crippen molar-refractivity contribution in [3.63, 3.8) is 0 Å². The van der Waals surface area contributed by atoms with Gasteiger partial charge in [0.15, 0.2) is 17.7 Å². The second kappa shape index (κ2) is 9.98. The first-order valence-electron chi connectivity index (χ1n) is 14.1. The maximum Gasteiger partial charge on any atom is 0.226 e. The predicted molar refractivity (Wildman–Crippen MR) is 153 cm³/mol. The van der Waals surface area contributed by atoms with E-state index in [-0.39, 0.29) is 23.7 Å². The van der Waals surface area contributed by atoms with Gasteiger partial charge in [-0.15, -0.1) is 0 Å². The summed E-state index contributed by atoms with van der Waals surface area (Å²) >= 11 is 6.49. The molecule has 0 amide bonds. The van der Waals surface area contributed by atoms with Crippen molar-refractivity contribution in [1.29, 1.82) is 0 Å². The van der Waals surface area contributed by atoms with Gasteiger partial charge < -0.3 is 28.4 Å². The molecular formula is C28H35ClN5O6P. The van der Waals surface area contributed by atoms with Gasteiger partial charge in [-0.1, -0.05) is 24.3 Å². The first-order chi connectivity index (χ1) is 19.6. The number of halogens is 1. The minimum absolute atomic E-state index is 0.00824. The van der Waals surface area contributed by atoms with E-state index in [2.05, 4.69) is 39.1 Å². The fourth-order valence-electron chi connectivity index (χ4n) is 6.87. The summed E-state index contributed by atoms with van der Waals surface area (Å²) in [4.78, 5) is 11.5. The van der Waals surface area contributed by atoms with Crippen LogP contribution in [-0.4, -0.2) is 83.2 Å². The molecule has 3 aliphatic heterocycles. The molecule has 1 aliphatic carbocycles. The van der Waals surface area contributed by atoms with E-state index in [1.54, 1.807) is 24.5 Å². The molecule has 1 unspecified atom stereocenters. The molecule has 41 heavy (non-hydrogen) atoms. The van der Waals surface area contributed by atoms with E-state index in [1.165, 1.54) is 11.1 Å². The highest BCUT2D eigenvalue weighted by molar-refractivity contribution is 7.57. The van der Waals surface area contributed by atoms with Crippen LogP contribution in [0.5, 0.6) is 0 Å². The summed E-state index contributed by atoms with van der Waals surface area (Å²) in [6.45, 7) is 9.38. The van der Waals surface area contributed by atoms with Crippen LogP contribution in [0, 0.1) is 0 Å². The maximum absolute atomic E-state index is 12.5. The van der Waals surface area contributed by atoms with Crippen LogP contribution < -0.4 is 4.90 Å². The lowest BCUT2D eigenvalue weighted by Crippen LogP contribution is -2.58. The van der Waals surface area contributed by atoms with Crippen LogP contribution in [0.3, 0.4) is 0 Å². The van der Waals surface area contributed by atoms with Crippen LogP contribution in [0.1, 0.15) is 44.5 Å². The Labute approximate surface area is 243 Å². The molecule has 3 saturated heterocycles. The molecule has 1 spiro atoms. The van der Waals surface area contributed by atoms with Crippen LogP contribution in [0.2, 0.25) is 5.28 Å². The molecule has 3 fully saturated rings. The minimum Gasteiger partial charge on any atom is -0.369 e. The number of rotatable bonds is 8. The Morgan fingerprint density at radius 2 is 1.95 bits per heavy atom. The van der Waals surface area contributed by atoms with Gasteiger partial charge >= 0.3 is 0 Å². The van der Waals surface area contributed by atoms with Crippen molar-refractivity contribution in [2.45, 2.75) is 69.4 Å². The van der Waals surface area contributed by atoms with Gasteiger partial charge in [0.25, 0.3) is 0 Å². The molecule has 5 atom stereocenters. The molecule has 3 aromatic rings. The Morgan fingerprint density at radius 3 is 2.76 bits per heavy atom. The largest absolute Gasteiger partial charge is 0.369 e. The van der Waals surface area contributed by atoms with Crippen LogP contribution in [0.4, 0.5) is 5.82 Å². The summed E-state index contributed by atoms with van der Waals surface area (Å²) in [6, 6.07) is 8.74. The van der Waals surface area contributed by atoms with Gasteiger partial charge in [0, 0.05) is 25.2 Å². The molecule has 1 aromatic carbocycles. The van der Waals surface area contributed by atoms with Crippen LogP contribution in [0.15, 0.2) is 30.5 Å². The van der Waals surface area contributed by atoms with Gasteiger partial charge in [-0.3, -0.25) is 4.57 Å². The molecule has 4 aliphatic rings. The maximum atomic E-state index is 12.5. The molecule has 0 N–H and O–H groups in total. The molecule has 11 nitrogen and oxygen atoms in total. The molecule has 0 radical (unpaired) electrons. The number of anilines is 1. The van der Waals surface area contributed by atoms with Crippen molar-refractivity contribution in [3.8, 4) is 0 Å². The summed E-state index contributed by atoms with van der Waals surface area (Å²) < 4.78 is 44.3. The molecule has 0 saturated carbocycles. The molecule has 2 aromatic heterocycles. The lowest BCUT2D eigenvalue weighted by atomic mass is 9.75. The van der Waals surface area contributed by atoms with Gasteiger partial charge in [-0.25, -0.2) is 4.68 Å². The zero-order chi connectivity index (χ0) is 28.6. The zero-order valence-electron chi connectivity index (χ0n) is 23.7. The zero-order valence-corrected chi connectivity index (χ0v) is 25.3. The van der Waals surface area contributed by atoms with Gasteiger partial charge in [0.05, 0.1) is 24.8 Å². The highest BCUT2D eigenvalue weighted by Gasteiger charge is 2.57. The number of aryl methyl sites for hydroxylation is 1. The van der Waals surface area contributed by atoms with E-state index in [1.807, 2.05) is 13.8 Å². The van der Waals surface area contributed by atoms with Crippen molar-refractivity contribution in [2.75, 3.05) is 44.2 Å². The summed E-state index contributed by atoms with van der Waals surface area (Å²) in [6.07, 6.45) is 2.04. The Morgan fingerprint density at radius 1 is 1.17 bits per heavy atom.